The third-order valence-electron chi connectivity index (χ3n) is 9.79. The lowest BCUT2D eigenvalue weighted by Gasteiger charge is -2.15. The summed E-state index contributed by atoms with van der Waals surface area (Å²) in [5.74, 6) is 0.705. The average molecular weight is 669 g/mol. The molecule has 0 saturated heterocycles. The van der Waals surface area contributed by atoms with Crippen LogP contribution in [0.25, 0.3) is 88.8 Å². The number of fused-ring (bicyclic) bond motifs is 6. The summed E-state index contributed by atoms with van der Waals surface area (Å²) in [5, 5.41) is 4.86. The number of nitrogens with zero attached hydrogens (tertiary/aromatic N) is 4. The van der Waals surface area contributed by atoms with E-state index in [9.17, 15) is 0 Å². The molecule has 248 valence electrons. The quantitative estimate of drug-likeness (QED) is 0.183. The summed E-state index contributed by atoms with van der Waals surface area (Å²) in [4.78, 5) is 10.2. The van der Waals surface area contributed by atoms with E-state index < -0.39 is 0 Å². The fourth-order valence-corrected chi connectivity index (χ4v) is 7.59. The lowest BCUT2D eigenvalue weighted by atomic mass is 9.98. The van der Waals surface area contributed by atoms with Crippen molar-refractivity contribution >= 4 is 43.6 Å². The molecule has 0 bridgehead atoms. The molecule has 0 atom stereocenters. The third-order valence-corrected chi connectivity index (χ3v) is 9.79. The molecule has 0 aliphatic rings. The van der Waals surface area contributed by atoms with E-state index in [0.717, 1.165) is 44.8 Å². The summed E-state index contributed by atoms with van der Waals surface area (Å²) in [7, 11) is 0. The smallest absolute Gasteiger partial charge is 0.159 e. The minimum Gasteiger partial charge on any atom is -0.309 e. The van der Waals surface area contributed by atoms with Gasteiger partial charge in [-0.25, -0.2) is 9.97 Å². The van der Waals surface area contributed by atoms with Gasteiger partial charge >= 0.3 is 0 Å². The fraction of sp³-hybridized carbons (Fsp3) is 0.0417. The van der Waals surface area contributed by atoms with Crippen LogP contribution in [-0.4, -0.2) is 19.1 Å². The maximum Gasteiger partial charge on any atom is 0.159 e. The highest BCUT2D eigenvalue weighted by molar-refractivity contribution is 6.17. The van der Waals surface area contributed by atoms with Crippen LogP contribution in [0.15, 0.2) is 182 Å². The van der Waals surface area contributed by atoms with E-state index in [2.05, 4.69) is 161 Å². The predicted molar refractivity (Wildman–Crippen MR) is 218 cm³/mol. The van der Waals surface area contributed by atoms with E-state index in [1.165, 1.54) is 38.1 Å². The second-order valence-electron chi connectivity index (χ2n) is 12.6. The molecule has 0 saturated carbocycles. The molecule has 0 unspecified atom stereocenters. The first kappa shape index (κ1) is 31.2. The second-order valence-corrected chi connectivity index (χ2v) is 12.6. The largest absolute Gasteiger partial charge is 0.309 e. The monoisotopic (exact) mass is 668 g/mol. The molecule has 10 rings (SSSR count). The van der Waals surface area contributed by atoms with E-state index in [4.69, 9.17) is 9.97 Å². The highest BCUT2D eigenvalue weighted by Gasteiger charge is 2.21. The summed E-state index contributed by atoms with van der Waals surface area (Å²) in [6, 6.07) is 62.2. The standard InChI is InChI=1S/C46H30N4.C2H6/c1-4-15-31(16-5-1)45-43(30-47-46(48-45)32-17-6-2-7-18-32)50-39-24-12-10-21-36(39)37-28-27-33(29-42(37)50)35-23-14-26-41-44(35)38-22-11-13-25-40(38)49(41)34-19-8-3-9-20-34;1-2/h1-30H;1-2H3. The van der Waals surface area contributed by atoms with Crippen molar-refractivity contribution in [3.63, 3.8) is 0 Å². The predicted octanol–water partition coefficient (Wildman–Crippen LogP) is 12.7. The van der Waals surface area contributed by atoms with Gasteiger partial charge in [-0.1, -0.05) is 153 Å². The Hall–Kier alpha value is -6.78. The molecular formula is C48H36N4. The van der Waals surface area contributed by atoms with Gasteiger partial charge in [0.05, 0.1) is 39.6 Å². The van der Waals surface area contributed by atoms with Crippen LogP contribution in [0.2, 0.25) is 0 Å². The van der Waals surface area contributed by atoms with Crippen LogP contribution in [-0.2, 0) is 0 Å². The van der Waals surface area contributed by atoms with Crippen LogP contribution in [0.4, 0.5) is 0 Å². The highest BCUT2D eigenvalue weighted by Crippen LogP contribution is 2.41. The summed E-state index contributed by atoms with van der Waals surface area (Å²) in [6.07, 6.45) is 1.99. The highest BCUT2D eigenvalue weighted by atomic mass is 15.0. The zero-order valence-corrected chi connectivity index (χ0v) is 29.1. The Bertz CT molecular complexity index is 2850. The van der Waals surface area contributed by atoms with Crippen molar-refractivity contribution in [2.24, 2.45) is 0 Å². The van der Waals surface area contributed by atoms with Crippen LogP contribution >= 0.6 is 0 Å². The lowest BCUT2D eigenvalue weighted by Crippen LogP contribution is -2.02. The Morgan fingerprint density at radius 3 is 1.73 bits per heavy atom. The first-order chi connectivity index (χ1) is 25.8. The van der Waals surface area contributed by atoms with Crippen molar-refractivity contribution in [1.29, 1.82) is 0 Å². The molecule has 0 aliphatic carbocycles. The molecule has 0 aliphatic heterocycles. The van der Waals surface area contributed by atoms with E-state index >= 15 is 0 Å². The van der Waals surface area contributed by atoms with Crippen LogP contribution in [0, 0.1) is 0 Å². The molecule has 4 heteroatoms. The fourth-order valence-electron chi connectivity index (χ4n) is 7.59. The molecule has 3 aromatic heterocycles. The third kappa shape index (κ3) is 5.07. The summed E-state index contributed by atoms with van der Waals surface area (Å²) in [6.45, 7) is 4.00. The van der Waals surface area contributed by atoms with Gasteiger partial charge in [-0.3, -0.25) is 0 Å². The Kier molecular flexibility index (Phi) is 7.90. The zero-order chi connectivity index (χ0) is 35.0. The first-order valence-electron chi connectivity index (χ1n) is 17.9. The summed E-state index contributed by atoms with van der Waals surface area (Å²) < 4.78 is 4.72. The molecule has 0 spiro atoms. The molecule has 0 radical (unpaired) electrons. The number of rotatable bonds is 5. The minimum atomic E-state index is 0.705. The van der Waals surface area contributed by atoms with Crippen LogP contribution in [0.1, 0.15) is 13.8 Å². The number of aromatic nitrogens is 4. The number of hydrogen-bond acceptors (Lipinski definition) is 2. The number of hydrogen-bond donors (Lipinski definition) is 0. The maximum absolute atomic E-state index is 5.24. The van der Waals surface area contributed by atoms with Crippen molar-refractivity contribution in [3.8, 4) is 45.1 Å². The van der Waals surface area contributed by atoms with Crippen molar-refractivity contribution < 1.29 is 0 Å². The first-order valence-corrected chi connectivity index (χ1v) is 17.9. The number of benzene rings is 7. The average Bonchev–Trinajstić information content (AvgIpc) is 3.75. The minimum absolute atomic E-state index is 0.705. The van der Waals surface area contributed by atoms with E-state index in [0.29, 0.717) is 5.82 Å². The van der Waals surface area contributed by atoms with Crippen molar-refractivity contribution in [3.05, 3.63) is 182 Å². The van der Waals surface area contributed by atoms with Crippen molar-refractivity contribution in [2.75, 3.05) is 0 Å². The van der Waals surface area contributed by atoms with Gasteiger partial charge < -0.3 is 9.13 Å². The molecule has 52 heavy (non-hydrogen) atoms. The maximum atomic E-state index is 5.24. The SMILES string of the molecule is CC.c1ccc(-c2ncc(-n3c4ccccc4c4ccc(-c5cccc6c5c5ccccc5n6-c5ccccc5)cc43)c(-c3ccccc3)n2)cc1. The molecule has 0 fully saturated rings. The molecule has 0 N–H and O–H groups in total. The Labute approximate surface area is 302 Å². The van der Waals surface area contributed by atoms with Gasteiger partial charge in [-0.2, -0.15) is 0 Å². The van der Waals surface area contributed by atoms with Crippen LogP contribution < -0.4 is 0 Å². The van der Waals surface area contributed by atoms with Gasteiger partial charge in [0.15, 0.2) is 5.82 Å². The Balaban J connectivity index is 0.00000177. The van der Waals surface area contributed by atoms with Gasteiger partial charge in [-0.15, -0.1) is 0 Å². The van der Waals surface area contributed by atoms with Crippen molar-refractivity contribution in [2.45, 2.75) is 13.8 Å². The van der Waals surface area contributed by atoms with Gasteiger partial charge in [-0.05, 0) is 47.5 Å². The van der Waals surface area contributed by atoms with Gasteiger partial charge in [0.25, 0.3) is 0 Å². The van der Waals surface area contributed by atoms with E-state index in [1.807, 2.05) is 44.3 Å². The zero-order valence-electron chi connectivity index (χ0n) is 29.1. The molecule has 0 amide bonds. The van der Waals surface area contributed by atoms with Gasteiger partial charge in [0.1, 0.15) is 0 Å². The Morgan fingerprint density at radius 1 is 0.423 bits per heavy atom. The topological polar surface area (TPSA) is 35.6 Å². The van der Waals surface area contributed by atoms with E-state index in [1.54, 1.807) is 0 Å². The summed E-state index contributed by atoms with van der Waals surface area (Å²) >= 11 is 0. The molecule has 7 aromatic carbocycles. The molecule has 3 heterocycles. The molecular weight excluding hydrogens is 633 g/mol. The normalized spacial score (nSPS) is 11.3. The van der Waals surface area contributed by atoms with Crippen LogP contribution in [0.5, 0.6) is 0 Å². The molecule has 4 nitrogen and oxygen atoms in total. The Morgan fingerprint density at radius 2 is 1.00 bits per heavy atom. The number of para-hydroxylation sites is 3. The van der Waals surface area contributed by atoms with Crippen LogP contribution in [0.3, 0.4) is 0 Å². The van der Waals surface area contributed by atoms with Crippen molar-refractivity contribution in [1.82, 2.24) is 19.1 Å². The van der Waals surface area contributed by atoms with Gasteiger partial charge in [0.2, 0.25) is 0 Å². The summed E-state index contributed by atoms with van der Waals surface area (Å²) in [5.41, 5.74) is 12.0. The van der Waals surface area contributed by atoms with Gasteiger partial charge in [0, 0.05) is 38.4 Å². The lowest BCUT2D eigenvalue weighted by molar-refractivity contribution is 1.09. The second kappa shape index (κ2) is 13.2. The molecule has 10 aromatic rings. The van der Waals surface area contributed by atoms with E-state index in [-0.39, 0.29) is 0 Å².